The number of primary sulfonamides is 1. The maximum atomic E-state index is 12.4. The third-order valence-electron chi connectivity index (χ3n) is 3.80. The predicted octanol–water partition coefficient (Wildman–Crippen LogP) is 1.32. The van der Waals surface area contributed by atoms with E-state index in [9.17, 15) is 23.1 Å². The van der Waals surface area contributed by atoms with Crippen LogP contribution in [0.15, 0.2) is 17.0 Å². The summed E-state index contributed by atoms with van der Waals surface area (Å²) in [7, 11) is -3.98. The lowest BCUT2D eigenvalue weighted by Gasteiger charge is -2.26. The van der Waals surface area contributed by atoms with Gasteiger partial charge in [-0.3, -0.25) is 4.79 Å². The molecular formula is C15H22N2O5S. The Hall–Kier alpha value is -1.93. The largest absolute Gasteiger partial charge is 0.480 e. The van der Waals surface area contributed by atoms with Crippen LogP contribution in [-0.2, 0) is 14.8 Å². The van der Waals surface area contributed by atoms with Gasteiger partial charge in [0.2, 0.25) is 10.0 Å². The van der Waals surface area contributed by atoms with Crippen molar-refractivity contribution in [3.8, 4) is 0 Å². The van der Waals surface area contributed by atoms with E-state index in [1.807, 2.05) is 6.92 Å². The molecule has 128 valence electrons. The number of hydrogen-bond donors (Lipinski definition) is 3. The minimum atomic E-state index is -3.98. The molecule has 8 heteroatoms. The Kier molecular flexibility index (Phi) is 5.55. The van der Waals surface area contributed by atoms with Gasteiger partial charge in [-0.05, 0) is 50.5 Å². The summed E-state index contributed by atoms with van der Waals surface area (Å²) in [6, 6.07) is 2.68. The van der Waals surface area contributed by atoms with Crippen LogP contribution in [-0.4, -0.2) is 30.9 Å². The van der Waals surface area contributed by atoms with Gasteiger partial charge in [-0.15, -0.1) is 0 Å². The van der Waals surface area contributed by atoms with Gasteiger partial charge >= 0.3 is 5.97 Å². The van der Waals surface area contributed by atoms with Crippen molar-refractivity contribution in [2.24, 2.45) is 5.14 Å². The Morgan fingerprint density at radius 3 is 2.30 bits per heavy atom. The van der Waals surface area contributed by atoms with Gasteiger partial charge in [-0.25, -0.2) is 18.4 Å². The Labute approximate surface area is 135 Å². The number of aryl methyl sites for hydroxylation is 1. The molecule has 1 rings (SSSR count). The lowest BCUT2D eigenvalue weighted by atomic mass is 9.95. The number of hydrogen-bond acceptors (Lipinski definition) is 4. The molecular weight excluding hydrogens is 320 g/mol. The lowest BCUT2D eigenvalue weighted by molar-refractivity contribution is -0.144. The molecule has 0 saturated heterocycles. The quantitative estimate of drug-likeness (QED) is 0.718. The summed E-state index contributed by atoms with van der Waals surface area (Å²) in [6.45, 7) is 6.47. The van der Waals surface area contributed by atoms with Crippen molar-refractivity contribution >= 4 is 21.9 Å². The summed E-state index contributed by atoms with van der Waals surface area (Å²) in [5.74, 6) is -1.81. The molecule has 1 atom stereocenters. The molecule has 0 spiro atoms. The van der Waals surface area contributed by atoms with Crippen molar-refractivity contribution < 1.29 is 23.1 Å². The standard InChI is InChI=1S/C15H22N2O5S/c1-5-6-15(4,14(19)20)17-13(18)11-7-9(2)10(3)12(8-11)23(16,21)22/h7-8H,5-6H2,1-4H3,(H,17,18)(H,19,20)(H2,16,21,22). The number of carboxylic acid groups (broad SMARTS) is 1. The van der Waals surface area contributed by atoms with Gasteiger partial charge < -0.3 is 10.4 Å². The van der Waals surface area contributed by atoms with Crippen molar-refractivity contribution in [1.29, 1.82) is 0 Å². The van der Waals surface area contributed by atoms with Gasteiger partial charge in [0.15, 0.2) is 0 Å². The highest BCUT2D eigenvalue weighted by atomic mass is 32.2. The summed E-state index contributed by atoms with van der Waals surface area (Å²) in [5, 5.41) is 16.9. The summed E-state index contributed by atoms with van der Waals surface area (Å²) in [5.41, 5.74) is -0.333. The molecule has 0 aliphatic rings. The van der Waals surface area contributed by atoms with E-state index >= 15 is 0 Å². The molecule has 0 fully saturated rings. The summed E-state index contributed by atoms with van der Waals surface area (Å²) < 4.78 is 23.3. The van der Waals surface area contributed by atoms with Crippen LogP contribution in [0.25, 0.3) is 0 Å². The molecule has 0 aliphatic heterocycles. The minimum Gasteiger partial charge on any atom is -0.480 e. The van der Waals surface area contributed by atoms with E-state index in [-0.39, 0.29) is 16.9 Å². The first kappa shape index (κ1) is 19.1. The van der Waals surface area contributed by atoms with Gasteiger partial charge in [-0.1, -0.05) is 13.3 Å². The number of aliphatic carboxylic acids is 1. The number of rotatable bonds is 6. The second-order valence-electron chi connectivity index (χ2n) is 5.80. The summed E-state index contributed by atoms with van der Waals surface area (Å²) in [4.78, 5) is 23.6. The van der Waals surface area contributed by atoms with Gasteiger partial charge in [-0.2, -0.15) is 0 Å². The molecule has 0 heterocycles. The van der Waals surface area contributed by atoms with Gasteiger partial charge in [0.1, 0.15) is 5.54 Å². The topological polar surface area (TPSA) is 127 Å². The van der Waals surface area contributed by atoms with E-state index in [0.29, 0.717) is 17.5 Å². The molecule has 0 saturated carbocycles. The second kappa shape index (κ2) is 6.67. The third-order valence-corrected chi connectivity index (χ3v) is 4.84. The molecule has 1 aromatic rings. The predicted molar refractivity (Wildman–Crippen MR) is 85.7 cm³/mol. The van der Waals surface area contributed by atoms with Crippen molar-refractivity contribution in [2.75, 3.05) is 0 Å². The first-order chi connectivity index (χ1) is 10.4. The zero-order chi connectivity index (χ0) is 18.0. The number of carboxylic acids is 1. The number of carbonyl (C=O) groups excluding carboxylic acids is 1. The number of sulfonamides is 1. The van der Waals surface area contributed by atoms with Gasteiger partial charge in [0, 0.05) is 5.56 Å². The Morgan fingerprint density at radius 2 is 1.87 bits per heavy atom. The molecule has 0 bridgehead atoms. The number of benzene rings is 1. The average Bonchev–Trinajstić information content (AvgIpc) is 2.40. The van der Waals surface area contributed by atoms with E-state index in [1.54, 1.807) is 13.8 Å². The first-order valence-corrected chi connectivity index (χ1v) is 8.67. The van der Waals surface area contributed by atoms with E-state index in [2.05, 4.69) is 5.32 Å². The molecule has 4 N–H and O–H groups in total. The Balaban J connectivity index is 3.29. The van der Waals surface area contributed by atoms with Crippen LogP contribution in [0.4, 0.5) is 0 Å². The maximum Gasteiger partial charge on any atom is 0.329 e. The van der Waals surface area contributed by atoms with E-state index in [1.165, 1.54) is 19.1 Å². The molecule has 0 aliphatic carbocycles. The molecule has 1 amide bonds. The summed E-state index contributed by atoms with van der Waals surface area (Å²) in [6.07, 6.45) is 0.819. The average molecular weight is 342 g/mol. The highest BCUT2D eigenvalue weighted by Gasteiger charge is 2.34. The van der Waals surface area contributed by atoms with Crippen LogP contribution in [0.3, 0.4) is 0 Å². The van der Waals surface area contributed by atoms with Crippen LogP contribution in [0.5, 0.6) is 0 Å². The van der Waals surface area contributed by atoms with Crippen LogP contribution in [0.2, 0.25) is 0 Å². The smallest absolute Gasteiger partial charge is 0.329 e. The highest BCUT2D eigenvalue weighted by Crippen LogP contribution is 2.21. The van der Waals surface area contributed by atoms with Crippen molar-refractivity contribution in [3.63, 3.8) is 0 Å². The number of amides is 1. The van der Waals surface area contributed by atoms with Crippen LogP contribution in [0, 0.1) is 13.8 Å². The monoisotopic (exact) mass is 342 g/mol. The molecule has 7 nitrogen and oxygen atoms in total. The minimum absolute atomic E-state index is 0.0562. The lowest BCUT2D eigenvalue weighted by Crippen LogP contribution is -2.52. The third kappa shape index (κ3) is 4.29. The van der Waals surface area contributed by atoms with Gasteiger partial charge in [0.05, 0.1) is 4.90 Å². The SMILES string of the molecule is CCCC(C)(NC(=O)c1cc(C)c(C)c(S(N)(=O)=O)c1)C(=O)O. The van der Waals surface area contributed by atoms with Crippen LogP contribution < -0.4 is 10.5 Å². The Bertz CT molecular complexity index is 742. The highest BCUT2D eigenvalue weighted by molar-refractivity contribution is 7.89. The zero-order valence-corrected chi connectivity index (χ0v) is 14.5. The zero-order valence-electron chi connectivity index (χ0n) is 13.6. The number of carbonyl (C=O) groups is 2. The van der Waals surface area contributed by atoms with Crippen molar-refractivity contribution in [1.82, 2.24) is 5.32 Å². The fraction of sp³-hybridized carbons (Fsp3) is 0.467. The molecule has 23 heavy (non-hydrogen) atoms. The fourth-order valence-electron chi connectivity index (χ4n) is 2.30. The van der Waals surface area contributed by atoms with E-state index < -0.39 is 27.4 Å². The Morgan fingerprint density at radius 1 is 1.30 bits per heavy atom. The number of nitrogens with one attached hydrogen (secondary N) is 1. The molecule has 1 aromatic carbocycles. The van der Waals surface area contributed by atoms with Crippen LogP contribution >= 0.6 is 0 Å². The van der Waals surface area contributed by atoms with Crippen LogP contribution in [0.1, 0.15) is 48.2 Å². The summed E-state index contributed by atoms with van der Waals surface area (Å²) >= 11 is 0. The molecule has 0 aromatic heterocycles. The van der Waals surface area contributed by atoms with Crippen molar-refractivity contribution in [2.45, 2.75) is 51.0 Å². The molecule has 1 unspecified atom stereocenters. The van der Waals surface area contributed by atoms with Gasteiger partial charge in [0.25, 0.3) is 5.91 Å². The maximum absolute atomic E-state index is 12.4. The second-order valence-corrected chi connectivity index (χ2v) is 7.33. The molecule has 0 radical (unpaired) electrons. The van der Waals surface area contributed by atoms with Crippen molar-refractivity contribution in [3.05, 3.63) is 28.8 Å². The van der Waals surface area contributed by atoms with E-state index in [4.69, 9.17) is 5.14 Å². The first-order valence-electron chi connectivity index (χ1n) is 7.12. The van der Waals surface area contributed by atoms with E-state index in [0.717, 1.165) is 0 Å². The number of nitrogens with two attached hydrogens (primary N) is 1. The normalized spacial score (nSPS) is 14.1. The fourth-order valence-corrected chi connectivity index (χ4v) is 3.18.